The molecule has 8 heteroatoms. The minimum absolute atomic E-state index is 0.0279. The van der Waals surface area contributed by atoms with Crippen molar-refractivity contribution >= 4 is 11.7 Å². The summed E-state index contributed by atoms with van der Waals surface area (Å²) in [6.45, 7) is 2.34. The van der Waals surface area contributed by atoms with E-state index in [0.717, 1.165) is 83.6 Å². The number of nitrogens with one attached hydrogen (secondary N) is 1. The lowest BCUT2D eigenvalue weighted by Gasteiger charge is -2.34. The largest absolute Gasteiger partial charge is 0.507 e. The number of esters is 1. The van der Waals surface area contributed by atoms with Crippen LogP contribution in [0.1, 0.15) is 87.1 Å². The van der Waals surface area contributed by atoms with Crippen LogP contribution < -0.4 is 11.2 Å². The third-order valence-electron chi connectivity index (χ3n) is 12.2. The highest BCUT2D eigenvalue weighted by Gasteiger charge is 2.65. The fourth-order valence-electron chi connectivity index (χ4n) is 9.85. The molecular formula is C40H47N5O3. The summed E-state index contributed by atoms with van der Waals surface area (Å²) in [4.78, 5) is 22.0. The van der Waals surface area contributed by atoms with E-state index in [9.17, 15) is 9.90 Å². The monoisotopic (exact) mass is 645 g/mol. The molecule has 0 radical (unpaired) electrons. The maximum Gasteiger partial charge on any atom is 0.308 e. The van der Waals surface area contributed by atoms with Gasteiger partial charge in [0.2, 0.25) is 0 Å². The van der Waals surface area contributed by atoms with Crippen LogP contribution in [0.2, 0.25) is 0 Å². The van der Waals surface area contributed by atoms with Crippen molar-refractivity contribution in [2.24, 2.45) is 41.2 Å². The smallest absolute Gasteiger partial charge is 0.308 e. The molecule has 3 aromatic rings. The first-order chi connectivity index (χ1) is 23.4. The number of phenolic OH excluding ortho intramolecular Hbond substituents is 1. The molecule has 6 unspecified atom stereocenters. The van der Waals surface area contributed by atoms with Gasteiger partial charge in [0.25, 0.3) is 0 Å². The Morgan fingerprint density at radius 2 is 1.73 bits per heavy atom. The number of carbonyl (C=O) groups is 1. The van der Waals surface area contributed by atoms with Gasteiger partial charge in [-0.05, 0) is 129 Å². The predicted molar refractivity (Wildman–Crippen MR) is 186 cm³/mol. The number of para-hydroxylation sites is 1. The van der Waals surface area contributed by atoms with Crippen molar-refractivity contribution in [3.63, 3.8) is 0 Å². The summed E-state index contributed by atoms with van der Waals surface area (Å²) in [6, 6.07) is 16.4. The minimum Gasteiger partial charge on any atom is -0.507 e. The van der Waals surface area contributed by atoms with Crippen molar-refractivity contribution in [2.75, 3.05) is 13.7 Å². The van der Waals surface area contributed by atoms with Gasteiger partial charge >= 0.3 is 5.97 Å². The highest BCUT2D eigenvalue weighted by atomic mass is 16.5. The van der Waals surface area contributed by atoms with Crippen LogP contribution in [0.15, 0.2) is 78.4 Å². The maximum atomic E-state index is 12.1. The minimum atomic E-state index is -0.0279. The van der Waals surface area contributed by atoms with E-state index in [-0.39, 0.29) is 17.6 Å². The Labute approximate surface area is 283 Å². The average molecular weight is 646 g/mol. The summed E-state index contributed by atoms with van der Waals surface area (Å²) in [5.74, 6) is 6.64. The van der Waals surface area contributed by atoms with E-state index < -0.39 is 0 Å². The molecule has 4 N–H and O–H groups in total. The fourth-order valence-corrected chi connectivity index (χ4v) is 9.85. The number of aromatic hydroxyl groups is 1. The zero-order valence-electron chi connectivity index (χ0n) is 28.0. The van der Waals surface area contributed by atoms with Gasteiger partial charge in [0.15, 0.2) is 0 Å². The number of nitrogens with zero attached hydrogens (tertiary/aromatic N) is 3. The van der Waals surface area contributed by atoms with Gasteiger partial charge in [-0.2, -0.15) is 0 Å². The Bertz CT molecular complexity index is 1730. The summed E-state index contributed by atoms with van der Waals surface area (Å²) in [5.41, 5.74) is 16.2. The van der Waals surface area contributed by atoms with E-state index in [0.29, 0.717) is 36.1 Å². The number of allylic oxidation sites excluding steroid dienone is 2. The summed E-state index contributed by atoms with van der Waals surface area (Å²) in [6.07, 6.45) is 14.7. The van der Waals surface area contributed by atoms with E-state index in [1.807, 2.05) is 49.6 Å². The van der Waals surface area contributed by atoms with Crippen LogP contribution in [0.25, 0.3) is 16.8 Å². The topological polar surface area (TPSA) is 114 Å². The van der Waals surface area contributed by atoms with Crippen molar-refractivity contribution < 1.29 is 14.6 Å². The lowest BCUT2D eigenvalue weighted by Crippen LogP contribution is -2.39. The van der Waals surface area contributed by atoms with Gasteiger partial charge < -0.3 is 15.6 Å². The standard InChI is InChI=1S/C40H47N5O3/c1-3-48-40(47)27-14-12-25(13-15-27)24-8-10-26(11-9-24)30-21-42-39(43-22-30)33-19-28-16-23(18-32-36(28)37(32)33)17-29-20-34(45(2)44-38(29)41)31-6-4-5-7-35(31)46/h4-11,20-23,25,27-28,32-33,36-37,44,46H,3,12-19,41H2,1-2H3. The number of phenols is 1. The number of aromatic nitrogens is 2. The molecule has 4 fully saturated rings. The van der Waals surface area contributed by atoms with Crippen molar-refractivity contribution in [3.8, 4) is 16.9 Å². The van der Waals surface area contributed by atoms with Crippen LogP contribution in [0.5, 0.6) is 5.75 Å². The first-order valence-electron chi connectivity index (χ1n) is 18.0. The maximum absolute atomic E-state index is 12.1. The molecule has 0 bridgehead atoms. The summed E-state index contributed by atoms with van der Waals surface area (Å²) in [5, 5.41) is 12.4. The number of fused-ring (bicyclic) bond motifs is 1. The zero-order valence-corrected chi connectivity index (χ0v) is 28.0. The number of rotatable bonds is 8. The Kier molecular flexibility index (Phi) is 8.13. The van der Waals surface area contributed by atoms with Gasteiger partial charge in [0, 0.05) is 36.5 Å². The van der Waals surface area contributed by atoms with E-state index in [4.69, 9.17) is 20.4 Å². The molecule has 250 valence electrons. The third-order valence-corrected chi connectivity index (χ3v) is 12.2. The van der Waals surface area contributed by atoms with Crippen molar-refractivity contribution in [1.82, 2.24) is 20.4 Å². The summed E-state index contributed by atoms with van der Waals surface area (Å²) < 4.78 is 5.24. The molecule has 0 amide bonds. The predicted octanol–water partition coefficient (Wildman–Crippen LogP) is 7.11. The van der Waals surface area contributed by atoms with Crippen molar-refractivity contribution in [3.05, 3.63) is 95.3 Å². The molecule has 2 heterocycles. The molecule has 8 rings (SSSR count). The van der Waals surface area contributed by atoms with E-state index >= 15 is 0 Å². The molecule has 1 aliphatic heterocycles. The number of hydrogen-bond acceptors (Lipinski definition) is 8. The van der Waals surface area contributed by atoms with Crippen LogP contribution in [-0.4, -0.2) is 39.7 Å². The van der Waals surface area contributed by atoms with Gasteiger partial charge in [0.1, 0.15) is 17.4 Å². The van der Waals surface area contributed by atoms with Crippen molar-refractivity contribution in [1.29, 1.82) is 0 Å². The molecule has 8 nitrogen and oxygen atoms in total. The van der Waals surface area contributed by atoms with E-state index in [1.54, 1.807) is 6.07 Å². The normalized spacial score (nSPS) is 30.7. The molecule has 48 heavy (non-hydrogen) atoms. The van der Waals surface area contributed by atoms with Gasteiger partial charge in [0.05, 0.1) is 18.2 Å². The van der Waals surface area contributed by atoms with Gasteiger partial charge in [-0.25, -0.2) is 9.97 Å². The van der Waals surface area contributed by atoms with Gasteiger partial charge in [-0.3, -0.25) is 15.2 Å². The lowest BCUT2D eigenvalue weighted by molar-refractivity contribution is -0.149. The molecule has 6 atom stereocenters. The van der Waals surface area contributed by atoms with Crippen LogP contribution >= 0.6 is 0 Å². The molecular weight excluding hydrogens is 598 g/mol. The molecule has 1 aromatic heterocycles. The molecule has 2 aromatic carbocycles. The number of carbonyl (C=O) groups excluding carboxylic acids is 1. The Morgan fingerprint density at radius 1 is 0.979 bits per heavy atom. The van der Waals surface area contributed by atoms with Crippen LogP contribution in [-0.2, 0) is 9.53 Å². The summed E-state index contributed by atoms with van der Waals surface area (Å²) >= 11 is 0. The second-order valence-corrected chi connectivity index (χ2v) is 14.9. The third kappa shape index (κ3) is 5.73. The highest BCUT2D eigenvalue weighted by molar-refractivity contribution is 5.73. The number of nitrogens with two attached hydrogens (primary N) is 1. The van der Waals surface area contributed by atoms with E-state index in [1.165, 1.54) is 24.8 Å². The molecule has 0 saturated heterocycles. The number of ether oxygens (including phenoxy) is 1. The molecule has 4 saturated carbocycles. The van der Waals surface area contributed by atoms with Crippen LogP contribution in [0.4, 0.5) is 0 Å². The Balaban J connectivity index is 0.877. The average Bonchev–Trinajstić information content (AvgIpc) is 3.69. The molecule has 4 aliphatic carbocycles. The Morgan fingerprint density at radius 3 is 2.44 bits per heavy atom. The highest BCUT2D eigenvalue weighted by Crippen LogP contribution is 2.71. The quantitative estimate of drug-likeness (QED) is 0.222. The van der Waals surface area contributed by atoms with Crippen molar-refractivity contribution in [2.45, 2.75) is 70.1 Å². The fraction of sp³-hybridized carbons (Fsp3) is 0.475. The van der Waals surface area contributed by atoms with Gasteiger partial charge in [-0.15, -0.1) is 0 Å². The second-order valence-electron chi connectivity index (χ2n) is 14.9. The van der Waals surface area contributed by atoms with Gasteiger partial charge in [-0.1, -0.05) is 36.4 Å². The number of hydrazine groups is 1. The number of benzene rings is 2. The van der Waals surface area contributed by atoms with E-state index in [2.05, 4.69) is 35.8 Å². The first-order valence-corrected chi connectivity index (χ1v) is 18.0. The molecule has 5 aliphatic rings. The summed E-state index contributed by atoms with van der Waals surface area (Å²) in [7, 11) is 1.93. The number of hydrogen-bond donors (Lipinski definition) is 3. The second kappa shape index (κ2) is 12.6. The Hall–Kier alpha value is -4.33. The SMILES string of the molecule is CCOC(=O)C1CCC(c2ccc(-c3cnc(C4CC5CC(CC6=C(N)NN(C)C(c7ccccc7O)=C6)CC6C5C46)nc3)cc2)CC1. The van der Waals surface area contributed by atoms with Crippen LogP contribution in [0, 0.1) is 35.5 Å². The molecule has 0 spiro atoms. The van der Waals surface area contributed by atoms with Crippen LogP contribution in [0.3, 0.4) is 0 Å². The zero-order chi connectivity index (χ0) is 32.9. The first kappa shape index (κ1) is 31.0. The lowest BCUT2D eigenvalue weighted by atomic mass is 9.75.